The van der Waals surface area contributed by atoms with E-state index in [0.29, 0.717) is 0 Å². The second-order valence-corrected chi connectivity index (χ2v) is 5.75. The Labute approximate surface area is 67.9 Å². The van der Waals surface area contributed by atoms with E-state index in [1.807, 2.05) is 0 Å². The van der Waals surface area contributed by atoms with Gasteiger partial charge < -0.3 is 9.11 Å². The van der Waals surface area contributed by atoms with E-state index in [9.17, 15) is 22.3 Å². The number of rotatable bonds is 5. The largest absolute Gasteiger partial charge is 0.571 e. The first-order valence-electron chi connectivity index (χ1n) is 2.69. The second-order valence-electron chi connectivity index (χ2n) is 1.56. The Hall–Kier alpha value is 0.410. The summed E-state index contributed by atoms with van der Waals surface area (Å²) in [5.74, 6) is -1.37. The van der Waals surface area contributed by atoms with Gasteiger partial charge in [0.2, 0.25) is 5.75 Å². The average Bonchev–Trinajstić information content (AvgIpc) is 1.86. The molecule has 0 saturated carbocycles. The van der Waals surface area contributed by atoms with Crippen LogP contribution >= 0.6 is 0 Å². The maximum Gasteiger partial charge on any atom is 0.287 e. The third-order valence-corrected chi connectivity index (χ3v) is 4.29. The normalized spacial score (nSPS) is 16.9. The quantitative estimate of drug-likeness (QED) is 0.491. The van der Waals surface area contributed by atoms with Gasteiger partial charge >= 0.3 is 0 Å². The van der Waals surface area contributed by atoms with Crippen molar-refractivity contribution in [1.29, 1.82) is 0 Å². The molecule has 0 N–H and O–H groups in total. The first kappa shape index (κ1) is 11.4. The number of hydrogen-bond donors (Lipinski definition) is 0. The van der Waals surface area contributed by atoms with Crippen molar-refractivity contribution in [2.24, 2.45) is 0 Å². The monoisotopic (exact) mass is 208 g/mol. The predicted octanol–water partition coefficient (Wildman–Crippen LogP) is 0.633. The molecular weight excluding hydrogens is 201 g/mol. The lowest BCUT2D eigenvalue weighted by Gasteiger charge is -2.10. The molecule has 2 unspecified atom stereocenters. The molecule has 0 radical (unpaired) electrons. The molecule has 7 heteroatoms. The van der Waals surface area contributed by atoms with Gasteiger partial charge in [0.15, 0.2) is 26.2 Å². The van der Waals surface area contributed by atoms with Gasteiger partial charge in [-0.2, -0.15) is 0 Å². The van der Waals surface area contributed by atoms with E-state index in [1.54, 1.807) is 0 Å². The van der Waals surface area contributed by atoms with Crippen molar-refractivity contribution in [2.75, 3.05) is 18.2 Å². The zero-order valence-corrected chi connectivity index (χ0v) is 7.10. The topological polar surface area (TPSA) is 46.1 Å². The van der Waals surface area contributed by atoms with Gasteiger partial charge in [0.05, 0.1) is 0 Å². The fraction of sp³-hybridized carbons (Fsp3) is 1.00. The minimum absolute atomic E-state index is 0.431. The van der Waals surface area contributed by atoms with Crippen LogP contribution in [0.15, 0.2) is 0 Å². The van der Waals surface area contributed by atoms with Crippen LogP contribution in [0.5, 0.6) is 0 Å². The van der Waals surface area contributed by atoms with Crippen molar-refractivity contribution in [2.45, 2.75) is 6.43 Å². The highest BCUT2D eigenvalue weighted by atomic mass is 33.2. The summed E-state index contributed by atoms with van der Waals surface area (Å²) in [7, 11) is -4.08. The molecule has 0 aliphatic carbocycles. The Balaban J connectivity index is 3.54. The molecule has 68 valence electrons. The third-order valence-electron chi connectivity index (χ3n) is 0.713. The molecule has 2 atom stereocenters. The van der Waals surface area contributed by atoms with Crippen LogP contribution in [0, 0.1) is 0 Å². The van der Waals surface area contributed by atoms with Gasteiger partial charge in [0.25, 0.3) is 6.43 Å². The van der Waals surface area contributed by atoms with E-state index in [0.717, 1.165) is 0 Å². The molecule has 2 nitrogen and oxygen atoms in total. The summed E-state index contributed by atoms with van der Waals surface area (Å²) in [6.45, 7) is -0.901. The molecule has 0 aromatic heterocycles. The average molecular weight is 208 g/mol. The first-order chi connectivity index (χ1) is 5.07. The van der Waals surface area contributed by atoms with Crippen LogP contribution in [0.3, 0.4) is 0 Å². The molecule has 11 heavy (non-hydrogen) atoms. The van der Waals surface area contributed by atoms with E-state index >= 15 is 0 Å². The molecule has 0 saturated heterocycles. The summed E-state index contributed by atoms with van der Waals surface area (Å²) in [6, 6.07) is 0. The van der Waals surface area contributed by atoms with Crippen molar-refractivity contribution in [1.82, 2.24) is 0 Å². The highest BCUT2D eigenvalue weighted by Gasteiger charge is 2.28. The van der Waals surface area contributed by atoms with E-state index in [4.69, 9.17) is 0 Å². The lowest BCUT2D eigenvalue weighted by Crippen LogP contribution is -2.25. The standard InChI is InChI=1S/C4H7F3O2S2/c5-1-2-10(8)11(9)3-4(6)7/h4H,1-3H2. The van der Waals surface area contributed by atoms with Crippen molar-refractivity contribution in [3.05, 3.63) is 0 Å². The van der Waals surface area contributed by atoms with Crippen LogP contribution in [0.1, 0.15) is 0 Å². The van der Waals surface area contributed by atoms with E-state index in [2.05, 4.69) is 0 Å². The summed E-state index contributed by atoms with van der Waals surface area (Å²) in [6.07, 6.45) is -2.75. The maximum atomic E-state index is 11.5. The van der Waals surface area contributed by atoms with Crippen LogP contribution in [0.25, 0.3) is 0 Å². The van der Waals surface area contributed by atoms with Gasteiger partial charge in [0, 0.05) is 0 Å². The molecule has 0 fully saturated rings. The SMILES string of the molecule is [O-][S+](CCF)[S+]([O-])CC(F)F. The van der Waals surface area contributed by atoms with Crippen molar-refractivity contribution in [3.63, 3.8) is 0 Å². The molecule has 0 aliphatic rings. The van der Waals surface area contributed by atoms with Crippen LogP contribution in [-0.4, -0.2) is 33.7 Å². The summed E-state index contributed by atoms with van der Waals surface area (Å²) in [5.41, 5.74) is 0. The smallest absolute Gasteiger partial charge is 0.287 e. The number of alkyl halides is 3. The van der Waals surface area contributed by atoms with Gasteiger partial charge in [-0.1, -0.05) is 0 Å². The van der Waals surface area contributed by atoms with E-state index in [-0.39, 0.29) is 0 Å². The summed E-state index contributed by atoms with van der Waals surface area (Å²) in [5, 5.41) is 0. The highest BCUT2D eigenvalue weighted by Crippen LogP contribution is 2.09. The Morgan fingerprint density at radius 1 is 1.18 bits per heavy atom. The lowest BCUT2D eigenvalue weighted by molar-refractivity contribution is 0.175. The fourth-order valence-electron chi connectivity index (χ4n) is 0.335. The van der Waals surface area contributed by atoms with Crippen LogP contribution in [0.4, 0.5) is 13.2 Å². The Kier molecular flexibility index (Phi) is 6.21. The Morgan fingerprint density at radius 3 is 2.09 bits per heavy atom. The zero-order chi connectivity index (χ0) is 8.85. The van der Waals surface area contributed by atoms with Gasteiger partial charge in [-0.25, -0.2) is 13.2 Å². The van der Waals surface area contributed by atoms with E-state index in [1.165, 1.54) is 0 Å². The molecule has 0 bridgehead atoms. The molecule has 0 spiro atoms. The van der Waals surface area contributed by atoms with Gasteiger partial charge in [0.1, 0.15) is 6.67 Å². The zero-order valence-electron chi connectivity index (χ0n) is 5.47. The fourth-order valence-corrected chi connectivity index (χ4v) is 2.51. The lowest BCUT2D eigenvalue weighted by atomic mass is 10.9. The molecule has 0 aliphatic heterocycles. The molecule has 0 rings (SSSR count). The van der Waals surface area contributed by atoms with Crippen molar-refractivity contribution in [3.8, 4) is 0 Å². The van der Waals surface area contributed by atoms with Crippen LogP contribution in [-0.2, 0) is 20.4 Å². The Morgan fingerprint density at radius 2 is 1.73 bits per heavy atom. The van der Waals surface area contributed by atoms with Gasteiger partial charge in [-0.15, -0.1) is 0 Å². The Bertz CT molecular complexity index is 105. The van der Waals surface area contributed by atoms with Crippen LogP contribution < -0.4 is 0 Å². The van der Waals surface area contributed by atoms with Crippen molar-refractivity contribution < 1.29 is 22.3 Å². The van der Waals surface area contributed by atoms with E-state index < -0.39 is 45.0 Å². The highest BCUT2D eigenvalue weighted by molar-refractivity contribution is 8.67. The summed E-state index contributed by atoms with van der Waals surface area (Å²) >= 11 is 0. The predicted molar refractivity (Wildman–Crippen MR) is 38.0 cm³/mol. The molecule has 0 aromatic rings. The summed E-state index contributed by atoms with van der Waals surface area (Å²) < 4.78 is 55.4. The molecule has 0 heterocycles. The van der Waals surface area contributed by atoms with Crippen LogP contribution in [0.2, 0.25) is 0 Å². The molecule has 0 amide bonds. The molecule has 0 aromatic carbocycles. The van der Waals surface area contributed by atoms with Gasteiger partial charge in [-0.05, 0) is 0 Å². The maximum absolute atomic E-state index is 11.5. The molecular formula is C4H7F3O2S2. The van der Waals surface area contributed by atoms with Crippen molar-refractivity contribution >= 4 is 20.4 Å². The second kappa shape index (κ2) is 5.99. The number of hydrogen-bond acceptors (Lipinski definition) is 2. The first-order valence-corrected chi connectivity index (χ1v) is 5.84. The third kappa shape index (κ3) is 5.66. The number of halogens is 3. The summed E-state index contributed by atoms with van der Waals surface area (Å²) in [4.78, 5) is 0. The minimum Gasteiger partial charge on any atom is -0.571 e. The minimum atomic E-state index is -2.75. The van der Waals surface area contributed by atoms with Gasteiger partial charge in [-0.3, -0.25) is 0 Å².